The minimum Gasteiger partial charge on any atom is -0.390 e. The third-order valence-corrected chi connectivity index (χ3v) is 8.93. The van der Waals surface area contributed by atoms with Crippen molar-refractivity contribution in [1.82, 2.24) is 0 Å². The zero-order valence-corrected chi connectivity index (χ0v) is 15.0. The van der Waals surface area contributed by atoms with Crippen LogP contribution < -0.4 is 0 Å². The first-order valence-electron chi connectivity index (χ1n) is 10.2. The summed E-state index contributed by atoms with van der Waals surface area (Å²) in [6, 6.07) is 0. The summed E-state index contributed by atoms with van der Waals surface area (Å²) >= 11 is 0. The summed E-state index contributed by atoms with van der Waals surface area (Å²) in [5, 5.41) is 10.5. The van der Waals surface area contributed by atoms with E-state index >= 15 is 0 Å². The van der Waals surface area contributed by atoms with Crippen LogP contribution in [-0.4, -0.2) is 10.7 Å². The third kappa shape index (κ3) is 2.21. The molecule has 4 aliphatic carbocycles. The molecule has 1 heteroatoms. The van der Waals surface area contributed by atoms with Crippen LogP contribution in [0.1, 0.15) is 85.0 Å². The second-order valence-electron chi connectivity index (χ2n) is 9.90. The van der Waals surface area contributed by atoms with Crippen molar-refractivity contribution in [3.63, 3.8) is 0 Å². The first-order valence-corrected chi connectivity index (χ1v) is 10.2. The van der Waals surface area contributed by atoms with E-state index in [1.165, 1.54) is 51.4 Å². The first-order chi connectivity index (χ1) is 10.4. The summed E-state index contributed by atoms with van der Waals surface area (Å²) in [5.41, 5.74) is 0.306. The lowest BCUT2D eigenvalue weighted by atomic mass is 9.49. The fourth-order valence-corrected chi connectivity index (χ4v) is 7.86. The maximum Gasteiger partial charge on any atom is 0.0622 e. The molecular weight excluding hydrogens is 268 g/mol. The lowest BCUT2D eigenvalue weighted by Crippen LogP contribution is -2.50. The average Bonchev–Trinajstić information content (AvgIpc) is 2.82. The molecule has 0 radical (unpaired) electrons. The highest BCUT2D eigenvalue weighted by Gasteiger charge is 2.56. The van der Waals surface area contributed by atoms with Crippen LogP contribution in [0.2, 0.25) is 0 Å². The lowest BCUT2D eigenvalue weighted by molar-refractivity contribution is -0.0997. The predicted octanol–water partition coefficient (Wildman–Crippen LogP) is 5.42. The summed E-state index contributed by atoms with van der Waals surface area (Å²) in [4.78, 5) is 0. The molecule has 4 fully saturated rings. The van der Waals surface area contributed by atoms with Crippen molar-refractivity contribution < 1.29 is 5.11 Å². The molecule has 1 N–H and O–H groups in total. The van der Waals surface area contributed by atoms with Crippen molar-refractivity contribution in [1.29, 1.82) is 0 Å². The van der Waals surface area contributed by atoms with Crippen molar-refractivity contribution in [2.45, 2.75) is 90.6 Å². The molecule has 4 rings (SSSR count). The van der Waals surface area contributed by atoms with Crippen LogP contribution >= 0.6 is 0 Å². The lowest BCUT2D eigenvalue weighted by Gasteiger charge is -2.57. The maximum atomic E-state index is 10.5. The fraction of sp³-hybridized carbons (Fsp3) is 1.00. The monoisotopic (exact) mass is 304 g/mol. The van der Waals surface area contributed by atoms with E-state index in [1.54, 1.807) is 0 Å². The SMILES string of the molecule is CCC1CC[C@H]2[C@@H]3CC[C@H]4C[C@@](C)(O)CC[C@@H]4[C@H]3CC[C@]12C. The zero-order valence-electron chi connectivity index (χ0n) is 15.0. The Hall–Kier alpha value is -0.0400. The van der Waals surface area contributed by atoms with Crippen molar-refractivity contribution in [2.24, 2.45) is 40.9 Å². The molecule has 1 nitrogen and oxygen atoms in total. The molecule has 0 amide bonds. The number of fused-ring (bicyclic) bond motifs is 5. The standard InChI is InChI=1S/C21H36O/c1-4-15-6-8-19-18-7-5-14-13-20(2,22)11-9-16(14)17(18)10-12-21(15,19)3/h14-19,22H,4-13H2,1-3H3/t14-,15?,16-,17+,18+,19-,20-,21+/m0/s1. The second kappa shape index (κ2) is 5.23. The topological polar surface area (TPSA) is 20.2 Å². The molecule has 0 aromatic carbocycles. The van der Waals surface area contributed by atoms with Crippen molar-refractivity contribution in [2.75, 3.05) is 0 Å². The zero-order chi connectivity index (χ0) is 15.5. The van der Waals surface area contributed by atoms with Gasteiger partial charge in [-0.05, 0) is 106 Å². The second-order valence-corrected chi connectivity index (χ2v) is 9.90. The van der Waals surface area contributed by atoms with Crippen LogP contribution in [0.5, 0.6) is 0 Å². The van der Waals surface area contributed by atoms with Gasteiger partial charge in [0.05, 0.1) is 5.60 Å². The normalized spacial score (nSPS) is 57.8. The summed E-state index contributed by atoms with van der Waals surface area (Å²) < 4.78 is 0. The Bertz CT molecular complexity index is 428. The first kappa shape index (κ1) is 15.5. The Kier molecular flexibility index (Phi) is 3.68. The number of aliphatic hydroxyl groups is 1. The van der Waals surface area contributed by atoms with E-state index in [0.29, 0.717) is 5.41 Å². The van der Waals surface area contributed by atoms with E-state index < -0.39 is 0 Å². The molecule has 1 unspecified atom stereocenters. The quantitative estimate of drug-likeness (QED) is 0.686. The van der Waals surface area contributed by atoms with Gasteiger partial charge in [-0.1, -0.05) is 20.3 Å². The Morgan fingerprint density at radius 1 is 0.864 bits per heavy atom. The highest BCUT2D eigenvalue weighted by atomic mass is 16.3. The van der Waals surface area contributed by atoms with Gasteiger partial charge in [0, 0.05) is 0 Å². The van der Waals surface area contributed by atoms with Gasteiger partial charge in [0.1, 0.15) is 0 Å². The maximum absolute atomic E-state index is 10.5. The molecule has 0 saturated heterocycles. The van der Waals surface area contributed by atoms with Crippen LogP contribution in [0.15, 0.2) is 0 Å². The van der Waals surface area contributed by atoms with Crippen LogP contribution in [0.25, 0.3) is 0 Å². The van der Waals surface area contributed by atoms with E-state index in [4.69, 9.17) is 0 Å². The number of rotatable bonds is 1. The molecule has 126 valence electrons. The highest BCUT2D eigenvalue weighted by molar-refractivity contribution is 5.06. The van der Waals surface area contributed by atoms with Gasteiger partial charge in [-0.15, -0.1) is 0 Å². The molecule has 8 atom stereocenters. The molecule has 22 heavy (non-hydrogen) atoms. The minimum absolute atomic E-state index is 0.363. The van der Waals surface area contributed by atoms with Crippen molar-refractivity contribution in [3.8, 4) is 0 Å². The largest absolute Gasteiger partial charge is 0.390 e. The summed E-state index contributed by atoms with van der Waals surface area (Å²) in [7, 11) is 0. The molecule has 0 aromatic heterocycles. The van der Waals surface area contributed by atoms with Crippen LogP contribution in [-0.2, 0) is 0 Å². The Morgan fingerprint density at radius 2 is 1.64 bits per heavy atom. The van der Waals surface area contributed by atoms with Crippen molar-refractivity contribution >= 4 is 0 Å². The predicted molar refractivity (Wildman–Crippen MR) is 91.5 cm³/mol. The fourth-order valence-electron chi connectivity index (χ4n) is 7.86. The van der Waals surface area contributed by atoms with E-state index in [9.17, 15) is 5.11 Å². The molecule has 0 bridgehead atoms. The number of hydrogen-bond donors (Lipinski definition) is 1. The molecular formula is C21H36O. The van der Waals surface area contributed by atoms with E-state index in [2.05, 4.69) is 20.8 Å². The molecule has 0 spiro atoms. The van der Waals surface area contributed by atoms with Crippen LogP contribution in [0.4, 0.5) is 0 Å². The van der Waals surface area contributed by atoms with Gasteiger partial charge in [0.2, 0.25) is 0 Å². The van der Waals surface area contributed by atoms with Crippen LogP contribution in [0.3, 0.4) is 0 Å². The van der Waals surface area contributed by atoms with Gasteiger partial charge in [0.25, 0.3) is 0 Å². The third-order valence-electron chi connectivity index (χ3n) is 8.93. The minimum atomic E-state index is -0.363. The highest BCUT2D eigenvalue weighted by Crippen LogP contribution is 2.65. The number of hydrogen-bond acceptors (Lipinski definition) is 1. The van der Waals surface area contributed by atoms with Gasteiger partial charge in [0.15, 0.2) is 0 Å². The van der Waals surface area contributed by atoms with Gasteiger partial charge in [-0.3, -0.25) is 0 Å². The van der Waals surface area contributed by atoms with Crippen molar-refractivity contribution in [3.05, 3.63) is 0 Å². The molecule has 0 heterocycles. The van der Waals surface area contributed by atoms with Gasteiger partial charge >= 0.3 is 0 Å². The van der Waals surface area contributed by atoms with Gasteiger partial charge in [-0.2, -0.15) is 0 Å². The Morgan fingerprint density at radius 3 is 2.41 bits per heavy atom. The summed E-state index contributed by atoms with van der Waals surface area (Å²) in [6.07, 6.45) is 13.7. The van der Waals surface area contributed by atoms with Gasteiger partial charge in [-0.25, -0.2) is 0 Å². The van der Waals surface area contributed by atoms with Gasteiger partial charge < -0.3 is 5.11 Å². The van der Waals surface area contributed by atoms with E-state index in [-0.39, 0.29) is 5.60 Å². The summed E-state index contributed by atoms with van der Waals surface area (Å²) in [5.74, 6) is 5.84. The average molecular weight is 305 g/mol. The molecule has 4 saturated carbocycles. The van der Waals surface area contributed by atoms with Crippen LogP contribution in [0, 0.1) is 40.9 Å². The molecule has 0 aromatic rings. The Balaban J connectivity index is 1.54. The van der Waals surface area contributed by atoms with E-state index in [1.807, 2.05) is 0 Å². The summed E-state index contributed by atoms with van der Waals surface area (Å²) in [6.45, 7) is 7.15. The Labute approximate surface area is 137 Å². The molecule has 4 aliphatic rings. The molecule has 0 aliphatic heterocycles. The van der Waals surface area contributed by atoms with E-state index in [0.717, 1.165) is 48.3 Å². The smallest absolute Gasteiger partial charge is 0.0622 e.